The normalized spacial score (nSPS) is 11.2. The molecule has 6 heteroatoms. The predicted octanol–water partition coefficient (Wildman–Crippen LogP) is 3.48. The van der Waals surface area contributed by atoms with Crippen LogP contribution in [0.3, 0.4) is 0 Å². The van der Waals surface area contributed by atoms with Gasteiger partial charge in [0.15, 0.2) is 18.1 Å². The minimum atomic E-state index is -0.283. The van der Waals surface area contributed by atoms with E-state index in [1.54, 1.807) is 24.3 Å². The van der Waals surface area contributed by atoms with Crippen molar-refractivity contribution in [3.8, 4) is 17.6 Å². The van der Waals surface area contributed by atoms with Crippen molar-refractivity contribution >= 4 is 17.5 Å². The summed E-state index contributed by atoms with van der Waals surface area (Å²) in [6.45, 7) is 1.68. The van der Waals surface area contributed by atoms with Crippen LogP contribution in [-0.4, -0.2) is 19.6 Å². The van der Waals surface area contributed by atoms with Crippen molar-refractivity contribution in [3.63, 3.8) is 0 Å². The third kappa shape index (κ3) is 4.40. The highest BCUT2D eigenvalue weighted by Crippen LogP contribution is 2.28. The van der Waals surface area contributed by atoms with Crippen molar-refractivity contribution in [3.05, 3.63) is 58.6 Å². The number of rotatable bonds is 6. The smallest absolute Gasteiger partial charge is 0.258 e. The molecule has 5 nitrogen and oxygen atoms in total. The standard InChI is InChI=1S/C18H17ClN2O3/c1-12(14-5-3-4-6-15(14)19)21-18(22)11-24-16-8-7-13(10-20)9-17(16)23-2/h3-9,12H,11H2,1-2H3,(H,21,22)/t12-/m1/s1. The van der Waals surface area contributed by atoms with E-state index >= 15 is 0 Å². The minimum Gasteiger partial charge on any atom is -0.493 e. The van der Waals surface area contributed by atoms with E-state index in [4.69, 9.17) is 26.3 Å². The zero-order valence-corrected chi connectivity index (χ0v) is 14.1. The molecule has 0 heterocycles. The summed E-state index contributed by atoms with van der Waals surface area (Å²) >= 11 is 6.12. The van der Waals surface area contributed by atoms with Crippen molar-refractivity contribution in [1.29, 1.82) is 5.26 Å². The second-order valence-corrected chi connectivity index (χ2v) is 5.48. The first-order valence-corrected chi connectivity index (χ1v) is 7.67. The quantitative estimate of drug-likeness (QED) is 0.870. The fourth-order valence-electron chi connectivity index (χ4n) is 2.19. The molecule has 2 rings (SSSR count). The van der Waals surface area contributed by atoms with Gasteiger partial charge in [-0.15, -0.1) is 0 Å². The van der Waals surface area contributed by atoms with Crippen LogP contribution in [0.1, 0.15) is 24.1 Å². The molecule has 0 saturated carbocycles. The van der Waals surface area contributed by atoms with Crippen LogP contribution in [0.25, 0.3) is 0 Å². The molecule has 1 N–H and O–H groups in total. The van der Waals surface area contributed by atoms with E-state index < -0.39 is 0 Å². The Kier molecular flexibility index (Phi) is 6.05. The lowest BCUT2D eigenvalue weighted by atomic mass is 10.1. The third-order valence-electron chi connectivity index (χ3n) is 3.40. The lowest BCUT2D eigenvalue weighted by molar-refractivity contribution is -0.123. The maximum atomic E-state index is 12.1. The van der Waals surface area contributed by atoms with Gasteiger partial charge in [-0.3, -0.25) is 4.79 Å². The van der Waals surface area contributed by atoms with Crippen LogP contribution in [0.2, 0.25) is 5.02 Å². The van der Waals surface area contributed by atoms with Crippen LogP contribution >= 0.6 is 11.6 Å². The zero-order chi connectivity index (χ0) is 17.5. The monoisotopic (exact) mass is 344 g/mol. The van der Waals surface area contributed by atoms with E-state index in [0.29, 0.717) is 22.1 Å². The van der Waals surface area contributed by atoms with Crippen molar-refractivity contribution in [2.24, 2.45) is 0 Å². The Morgan fingerprint density at radius 2 is 2.04 bits per heavy atom. The Hall–Kier alpha value is -2.71. The van der Waals surface area contributed by atoms with E-state index in [1.807, 2.05) is 31.2 Å². The van der Waals surface area contributed by atoms with E-state index in [9.17, 15) is 4.79 Å². The van der Waals surface area contributed by atoms with Gasteiger partial charge in [0.2, 0.25) is 0 Å². The summed E-state index contributed by atoms with van der Waals surface area (Å²) in [6, 6.07) is 13.9. The van der Waals surface area contributed by atoms with Gasteiger partial charge in [0.25, 0.3) is 5.91 Å². The van der Waals surface area contributed by atoms with Gasteiger partial charge >= 0.3 is 0 Å². The summed E-state index contributed by atoms with van der Waals surface area (Å²) in [5.74, 6) is 0.520. The van der Waals surface area contributed by atoms with Crippen LogP contribution in [-0.2, 0) is 4.79 Å². The lowest BCUT2D eigenvalue weighted by Crippen LogP contribution is -2.31. The molecule has 24 heavy (non-hydrogen) atoms. The topological polar surface area (TPSA) is 71.3 Å². The van der Waals surface area contributed by atoms with E-state index in [2.05, 4.69) is 5.32 Å². The number of carbonyl (C=O) groups is 1. The number of halogens is 1. The largest absolute Gasteiger partial charge is 0.493 e. The van der Waals surface area contributed by atoms with Crippen molar-refractivity contribution in [2.45, 2.75) is 13.0 Å². The number of amides is 1. The molecule has 0 saturated heterocycles. The molecule has 0 aromatic heterocycles. The number of nitrogens with one attached hydrogen (secondary N) is 1. The number of ether oxygens (including phenoxy) is 2. The fraction of sp³-hybridized carbons (Fsp3) is 0.222. The first kappa shape index (κ1) is 17.6. The first-order chi connectivity index (χ1) is 11.5. The molecule has 2 aromatic carbocycles. The molecule has 0 unspecified atom stereocenters. The van der Waals surface area contributed by atoms with Gasteiger partial charge in [-0.05, 0) is 30.7 Å². The van der Waals surface area contributed by atoms with Gasteiger partial charge in [0.1, 0.15) is 0 Å². The van der Waals surface area contributed by atoms with Gasteiger partial charge in [-0.1, -0.05) is 29.8 Å². The Bertz CT molecular complexity index is 771. The first-order valence-electron chi connectivity index (χ1n) is 7.30. The van der Waals surface area contributed by atoms with Crippen molar-refractivity contribution in [1.82, 2.24) is 5.32 Å². The fourth-order valence-corrected chi connectivity index (χ4v) is 2.49. The van der Waals surface area contributed by atoms with Crippen LogP contribution in [0.4, 0.5) is 0 Å². The Labute approximate surface area is 145 Å². The zero-order valence-electron chi connectivity index (χ0n) is 13.4. The van der Waals surface area contributed by atoms with Gasteiger partial charge in [0, 0.05) is 11.1 Å². The minimum absolute atomic E-state index is 0.170. The molecule has 1 amide bonds. The van der Waals surface area contributed by atoms with E-state index in [1.165, 1.54) is 7.11 Å². The summed E-state index contributed by atoms with van der Waals surface area (Å²) in [5, 5.41) is 12.3. The third-order valence-corrected chi connectivity index (χ3v) is 3.74. The van der Waals surface area contributed by atoms with E-state index in [0.717, 1.165) is 5.56 Å². The highest BCUT2D eigenvalue weighted by atomic mass is 35.5. The number of carbonyl (C=O) groups excluding carboxylic acids is 1. The second kappa shape index (κ2) is 8.23. The number of benzene rings is 2. The highest BCUT2D eigenvalue weighted by Gasteiger charge is 2.14. The molecule has 0 spiro atoms. The number of hydrogen-bond acceptors (Lipinski definition) is 4. The van der Waals surface area contributed by atoms with Crippen molar-refractivity contribution < 1.29 is 14.3 Å². The Morgan fingerprint density at radius 1 is 1.29 bits per heavy atom. The molecule has 0 aliphatic heterocycles. The summed E-state index contributed by atoms with van der Waals surface area (Å²) in [4.78, 5) is 12.1. The maximum Gasteiger partial charge on any atom is 0.258 e. The highest BCUT2D eigenvalue weighted by molar-refractivity contribution is 6.31. The molecule has 0 fully saturated rings. The summed E-state index contributed by atoms with van der Waals surface area (Å²) in [6.07, 6.45) is 0. The van der Waals surface area contributed by atoms with Gasteiger partial charge < -0.3 is 14.8 Å². The molecule has 2 aromatic rings. The number of methoxy groups -OCH3 is 1. The Morgan fingerprint density at radius 3 is 2.71 bits per heavy atom. The molecule has 0 aliphatic carbocycles. The van der Waals surface area contributed by atoms with Crippen LogP contribution in [0, 0.1) is 11.3 Å². The molecular weight excluding hydrogens is 328 g/mol. The van der Waals surface area contributed by atoms with Gasteiger partial charge in [-0.25, -0.2) is 0 Å². The molecule has 0 aliphatic rings. The van der Waals surface area contributed by atoms with Gasteiger partial charge in [-0.2, -0.15) is 5.26 Å². The second-order valence-electron chi connectivity index (χ2n) is 5.08. The van der Waals surface area contributed by atoms with Crippen molar-refractivity contribution in [2.75, 3.05) is 13.7 Å². The predicted molar refractivity (Wildman–Crippen MR) is 91.2 cm³/mol. The average Bonchev–Trinajstić information content (AvgIpc) is 2.60. The molecule has 1 atom stereocenters. The maximum absolute atomic E-state index is 12.1. The van der Waals surface area contributed by atoms with Crippen LogP contribution in [0.5, 0.6) is 11.5 Å². The van der Waals surface area contributed by atoms with Crippen LogP contribution < -0.4 is 14.8 Å². The number of nitrogens with zero attached hydrogens (tertiary/aromatic N) is 1. The number of nitriles is 1. The Balaban J connectivity index is 1.96. The summed E-state index contributed by atoms with van der Waals surface area (Å²) < 4.78 is 10.6. The number of hydrogen-bond donors (Lipinski definition) is 1. The molecule has 124 valence electrons. The molecular formula is C18H17ClN2O3. The SMILES string of the molecule is COc1cc(C#N)ccc1OCC(=O)N[C@H](C)c1ccccc1Cl. The molecule has 0 bridgehead atoms. The lowest BCUT2D eigenvalue weighted by Gasteiger charge is -2.16. The van der Waals surface area contributed by atoms with E-state index in [-0.39, 0.29) is 18.6 Å². The van der Waals surface area contributed by atoms with Crippen LogP contribution in [0.15, 0.2) is 42.5 Å². The average molecular weight is 345 g/mol. The molecule has 0 radical (unpaired) electrons. The summed E-state index contributed by atoms with van der Waals surface area (Å²) in [5.41, 5.74) is 1.29. The summed E-state index contributed by atoms with van der Waals surface area (Å²) in [7, 11) is 1.48. The van der Waals surface area contributed by atoms with Gasteiger partial charge in [0.05, 0.1) is 24.8 Å².